The van der Waals surface area contributed by atoms with Gasteiger partial charge >= 0.3 is 6.18 Å². The number of benzene rings is 1. The predicted molar refractivity (Wildman–Crippen MR) is 72.4 cm³/mol. The average Bonchev–Trinajstić information content (AvgIpc) is 2.35. The zero-order chi connectivity index (χ0) is 15.3. The van der Waals surface area contributed by atoms with Gasteiger partial charge in [-0.2, -0.15) is 13.2 Å². The lowest BCUT2D eigenvalue weighted by atomic mass is 10.1. The zero-order valence-electron chi connectivity index (χ0n) is 11.9. The van der Waals surface area contributed by atoms with E-state index in [1.54, 1.807) is 13.0 Å². The molecule has 1 rings (SSSR count). The second kappa shape index (κ2) is 6.92. The fraction of sp³-hybridized carbons (Fsp3) is 0.571. The van der Waals surface area contributed by atoms with Crippen LogP contribution in [0.1, 0.15) is 32.4 Å². The van der Waals surface area contributed by atoms with Crippen LogP contribution in [0.25, 0.3) is 0 Å². The van der Waals surface area contributed by atoms with Crippen molar-refractivity contribution in [3.63, 3.8) is 0 Å². The van der Waals surface area contributed by atoms with Crippen molar-refractivity contribution in [3.8, 4) is 0 Å². The molecule has 0 spiro atoms. The Hall–Kier alpha value is -1.30. The number of halogens is 4. The summed E-state index contributed by atoms with van der Waals surface area (Å²) in [4.78, 5) is 0.983. The van der Waals surface area contributed by atoms with Crippen LogP contribution in [0.3, 0.4) is 0 Å². The molecule has 2 nitrogen and oxygen atoms in total. The highest BCUT2D eigenvalue weighted by Gasteiger charge is 2.31. The van der Waals surface area contributed by atoms with Crippen molar-refractivity contribution >= 4 is 5.69 Å². The van der Waals surface area contributed by atoms with E-state index in [4.69, 9.17) is 0 Å². The lowest BCUT2D eigenvalue weighted by Crippen LogP contribution is -2.34. The zero-order valence-corrected chi connectivity index (χ0v) is 11.9. The van der Waals surface area contributed by atoms with Crippen LogP contribution < -0.4 is 10.2 Å². The molecular formula is C14H20F4N2. The van der Waals surface area contributed by atoms with E-state index in [0.29, 0.717) is 0 Å². The summed E-state index contributed by atoms with van der Waals surface area (Å²) in [5.41, 5.74) is 0.702. The Morgan fingerprint density at radius 2 is 1.90 bits per heavy atom. The van der Waals surface area contributed by atoms with Crippen molar-refractivity contribution in [2.75, 3.05) is 24.5 Å². The number of alkyl halides is 3. The van der Waals surface area contributed by atoms with E-state index in [-0.39, 0.29) is 18.3 Å². The third-order valence-corrected chi connectivity index (χ3v) is 3.07. The van der Waals surface area contributed by atoms with Crippen molar-refractivity contribution < 1.29 is 17.6 Å². The van der Waals surface area contributed by atoms with Gasteiger partial charge in [-0.1, -0.05) is 13.0 Å². The highest BCUT2D eigenvalue weighted by atomic mass is 19.4. The Kier molecular flexibility index (Phi) is 5.80. The van der Waals surface area contributed by atoms with Crippen LogP contribution in [0.5, 0.6) is 0 Å². The summed E-state index contributed by atoms with van der Waals surface area (Å²) >= 11 is 0. The number of anilines is 1. The molecule has 20 heavy (non-hydrogen) atoms. The molecule has 114 valence electrons. The topological polar surface area (TPSA) is 15.3 Å². The third kappa shape index (κ3) is 4.67. The Bertz CT molecular complexity index is 432. The largest absolute Gasteiger partial charge is 0.405 e. The van der Waals surface area contributed by atoms with E-state index in [1.165, 1.54) is 12.1 Å². The van der Waals surface area contributed by atoms with Gasteiger partial charge in [0.05, 0.1) is 5.69 Å². The molecule has 0 heterocycles. The smallest absolute Gasteiger partial charge is 0.360 e. The third-order valence-electron chi connectivity index (χ3n) is 3.07. The van der Waals surface area contributed by atoms with E-state index in [2.05, 4.69) is 5.32 Å². The Morgan fingerprint density at radius 3 is 2.35 bits per heavy atom. The maximum Gasteiger partial charge on any atom is 0.405 e. The predicted octanol–water partition coefficient (Wildman–Crippen LogP) is 3.88. The molecule has 0 saturated heterocycles. The fourth-order valence-electron chi connectivity index (χ4n) is 2.06. The van der Waals surface area contributed by atoms with Crippen molar-refractivity contribution in [2.45, 2.75) is 33.0 Å². The van der Waals surface area contributed by atoms with Gasteiger partial charge in [-0.15, -0.1) is 0 Å². The van der Waals surface area contributed by atoms with Crippen molar-refractivity contribution in [1.29, 1.82) is 0 Å². The Morgan fingerprint density at radius 1 is 1.25 bits per heavy atom. The summed E-state index contributed by atoms with van der Waals surface area (Å²) < 4.78 is 51.4. The van der Waals surface area contributed by atoms with Crippen LogP contribution in [-0.2, 0) is 0 Å². The summed E-state index contributed by atoms with van der Waals surface area (Å²) in [5.74, 6) is -0.627. The second-order valence-electron chi connectivity index (χ2n) is 4.62. The SMILES string of the molecule is CCNC(C)c1ccc(N(CC)CC(F)(F)F)c(F)c1. The maximum atomic E-state index is 14.0. The molecular weight excluding hydrogens is 272 g/mol. The van der Waals surface area contributed by atoms with E-state index < -0.39 is 18.5 Å². The molecule has 0 amide bonds. The molecule has 0 bridgehead atoms. The molecule has 0 saturated carbocycles. The Labute approximate surface area is 116 Å². The summed E-state index contributed by atoms with van der Waals surface area (Å²) in [7, 11) is 0. The molecule has 0 aromatic heterocycles. The first-order chi connectivity index (χ1) is 9.28. The van der Waals surface area contributed by atoms with Gasteiger partial charge in [0.25, 0.3) is 0 Å². The molecule has 0 aliphatic heterocycles. The van der Waals surface area contributed by atoms with Gasteiger partial charge in [0, 0.05) is 12.6 Å². The molecule has 1 N–H and O–H groups in total. The summed E-state index contributed by atoms with van der Waals surface area (Å²) in [5, 5.41) is 3.13. The van der Waals surface area contributed by atoms with Crippen LogP contribution >= 0.6 is 0 Å². The summed E-state index contributed by atoms with van der Waals surface area (Å²) in [6, 6.07) is 4.32. The lowest BCUT2D eigenvalue weighted by molar-refractivity contribution is -0.119. The van der Waals surface area contributed by atoms with E-state index >= 15 is 0 Å². The number of rotatable bonds is 6. The standard InChI is InChI=1S/C14H20F4N2/c1-4-19-10(3)11-6-7-13(12(15)8-11)20(5-2)9-14(16,17)18/h6-8,10,19H,4-5,9H2,1-3H3. The van der Waals surface area contributed by atoms with Crippen LogP contribution in [0.15, 0.2) is 18.2 Å². The van der Waals surface area contributed by atoms with E-state index in [1.807, 2.05) is 13.8 Å². The quantitative estimate of drug-likeness (QED) is 0.800. The van der Waals surface area contributed by atoms with Gasteiger partial charge in [0.2, 0.25) is 0 Å². The van der Waals surface area contributed by atoms with Gasteiger partial charge in [-0.05, 0) is 38.1 Å². The van der Waals surface area contributed by atoms with E-state index in [0.717, 1.165) is 17.0 Å². The average molecular weight is 292 g/mol. The van der Waals surface area contributed by atoms with Crippen molar-refractivity contribution in [1.82, 2.24) is 5.32 Å². The first-order valence-electron chi connectivity index (χ1n) is 6.63. The number of hydrogen-bond donors (Lipinski definition) is 1. The molecule has 6 heteroatoms. The summed E-state index contributed by atoms with van der Waals surface area (Å²) in [6.45, 7) is 5.07. The molecule has 0 aliphatic carbocycles. The number of nitrogens with one attached hydrogen (secondary N) is 1. The molecule has 1 unspecified atom stereocenters. The summed E-state index contributed by atoms with van der Waals surface area (Å²) in [6.07, 6.45) is -4.35. The van der Waals surface area contributed by atoms with Gasteiger partial charge in [-0.25, -0.2) is 4.39 Å². The molecule has 1 aromatic rings. The maximum absolute atomic E-state index is 14.0. The van der Waals surface area contributed by atoms with Crippen LogP contribution in [0.2, 0.25) is 0 Å². The molecule has 1 aromatic carbocycles. The minimum Gasteiger partial charge on any atom is -0.360 e. The number of hydrogen-bond acceptors (Lipinski definition) is 2. The Balaban J connectivity index is 2.96. The molecule has 0 radical (unpaired) electrons. The van der Waals surface area contributed by atoms with Crippen LogP contribution in [0, 0.1) is 5.82 Å². The molecule has 0 fully saturated rings. The fourth-order valence-corrected chi connectivity index (χ4v) is 2.06. The first kappa shape index (κ1) is 16.8. The van der Waals surface area contributed by atoms with Gasteiger partial charge in [0.15, 0.2) is 0 Å². The van der Waals surface area contributed by atoms with Gasteiger partial charge in [0.1, 0.15) is 12.4 Å². The highest BCUT2D eigenvalue weighted by molar-refractivity contribution is 5.49. The van der Waals surface area contributed by atoms with Gasteiger partial charge < -0.3 is 10.2 Å². The van der Waals surface area contributed by atoms with Crippen molar-refractivity contribution in [3.05, 3.63) is 29.6 Å². The minimum absolute atomic E-state index is 0.0164. The molecule has 1 atom stereocenters. The van der Waals surface area contributed by atoms with Gasteiger partial charge in [-0.3, -0.25) is 0 Å². The van der Waals surface area contributed by atoms with Crippen LogP contribution in [-0.4, -0.2) is 25.8 Å². The monoisotopic (exact) mass is 292 g/mol. The molecule has 0 aliphatic rings. The highest BCUT2D eigenvalue weighted by Crippen LogP contribution is 2.26. The van der Waals surface area contributed by atoms with Crippen LogP contribution in [0.4, 0.5) is 23.2 Å². The second-order valence-corrected chi connectivity index (χ2v) is 4.62. The number of nitrogens with zero attached hydrogens (tertiary/aromatic N) is 1. The minimum atomic E-state index is -4.35. The van der Waals surface area contributed by atoms with Crippen molar-refractivity contribution in [2.24, 2.45) is 0 Å². The first-order valence-corrected chi connectivity index (χ1v) is 6.63. The normalized spacial score (nSPS) is 13.3. The van der Waals surface area contributed by atoms with E-state index in [9.17, 15) is 17.6 Å². The lowest BCUT2D eigenvalue weighted by Gasteiger charge is -2.25.